The van der Waals surface area contributed by atoms with Crippen molar-refractivity contribution in [2.75, 3.05) is 47.1 Å². The standard InChI is InChI=1S/C19H30N2O5S/c1-16-6-4-5-11-21(16)27(23,24)18-9-7-17(8-10-18)19(22)20(12-14-25-2)13-15-26-3/h7-10,16H,4-6,11-15H2,1-3H3. The van der Waals surface area contributed by atoms with E-state index in [1.54, 1.807) is 35.6 Å². The Labute approximate surface area is 162 Å². The molecule has 1 unspecified atom stereocenters. The number of piperidine rings is 1. The van der Waals surface area contributed by atoms with Gasteiger partial charge in [-0.05, 0) is 44.0 Å². The van der Waals surface area contributed by atoms with E-state index < -0.39 is 10.0 Å². The largest absolute Gasteiger partial charge is 0.383 e. The average Bonchev–Trinajstić information content (AvgIpc) is 2.68. The number of carbonyl (C=O) groups is 1. The fraction of sp³-hybridized carbons (Fsp3) is 0.632. The van der Waals surface area contributed by atoms with Crippen LogP contribution < -0.4 is 0 Å². The van der Waals surface area contributed by atoms with Crippen LogP contribution in [0.3, 0.4) is 0 Å². The Morgan fingerprint density at radius 3 is 2.22 bits per heavy atom. The molecule has 1 atom stereocenters. The maximum Gasteiger partial charge on any atom is 0.254 e. The number of methoxy groups -OCH3 is 2. The van der Waals surface area contributed by atoms with Gasteiger partial charge in [-0.3, -0.25) is 4.79 Å². The Morgan fingerprint density at radius 2 is 1.70 bits per heavy atom. The SMILES string of the molecule is COCCN(CCOC)C(=O)c1ccc(S(=O)(=O)N2CCCCC2C)cc1. The summed E-state index contributed by atoms with van der Waals surface area (Å²) in [5.41, 5.74) is 0.452. The van der Waals surface area contributed by atoms with Crippen LogP contribution in [0.1, 0.15) is 36.5 Å². The van der Waals surface area contributed by atoms with Gasteiger partial charge >= 0.3 is 0 Å². The van der Waals surface area contributed by atoms with Gasteiger partial charge < -0.3 is 14.4 Å². The van der Waals surface area contributed by atoms with Gasteiger partial charge in [0.2, 0.25) is 10.0 Å². The minimum Gasteiger partial charge on any atom is -0.383 e. The molecule has 1 fully saturated rings. The van der Waals surface area contributed by atoms with Crippen LogP contribution in [-0.4, -0.2) is 76.6 Å². The number of amides is 1. The summed E-state index contributed by atoms with van der Waals surface area (Å²) in [6, 6.07) is 6.21. The zero-order chi connectivity index (χ0) is 19.9. The second kappa shape index (κ2) is 10.2. The lowest BCUT2D eigenvalue weighted by molar-refractivity contribution is 0.0627. The molecule has 0 aliphatic carbocycles. The van der Waals surface area contributed by atoms with E-state index in [-0.39, 0.29) is 16.8 Å². The molecule has 27 heavy (non-hydrogen) atoms. The second-order valence-corrected chi connectivity index (χ2v) is 8.65. The zero-order valence-corrected chi connectivity index (χ0v) is 17.2. The highest BCUT2D eigenvalue weighted by Crippen LogP contribution is 2.25. The van der Waals surface area contributed by atoms with Gasteiger partial charge in [0.25, 0.3) is 5.91 Å². The zero-order valence-electron chi connectivity index (χ0n) is 16.4. The highest BCUT2D eigenvalue weighted by Gasteiger charge is 2.31. The van der Waals surface area contributed by atoms with Crippen LogP contribution >= 0.6 is 0 Å². The quantitative estimate of drug-likeness (QED) is 0.636. The molecule has 1 saturated heterocycles. The summed E-state index contributed by atoms with van der Waals surface area (Å²) >= 11 is 0. The minimum atomic E-state index is -3.53. The van der Waals surface area contributed by atoms with Gasteiger partial charge in [0.15, 0.2) is 0 Å². The van der Waals surface area contributed by atoms with Crippen molar-refractivity contribution >= 4 is 15.9 Å². The highest BCUT2D eigenvalue weighted by atomic mass is 32.2. The maximum absolute atomic E-state index is 12.9. The van der Waals surface area contributed by atoms with Crippen LogP contribution in [0.25, 0.3) is 0 Å². The van der Waals surface area contributed by atoms with Crippen molar-refractivity contribution in [3.05, 3.63) is 29.8 Å². The first kappa shape index (κ1) is 21.8. The molecule has 1 aromatic carbocycles. The number of ether oxygens (including phenoxy) is 2. The molecule has 0 saturated carbocycles. The highest BCUT2D eigenvalue weighted by molar-refractivity contribution is 7.89. The number of hydrogen-bond acceptors (Lipinski definition) is 5. The molecule has 0 radical (unpaired) electrons. The van der Waals surface area contributed by atoms with Crippen LogP contribution in [-0.2, 0) is 19.5 Å². The molecule has 1 aliphatic heterocycles. The van der Waals surface area contributed by atoms with Crippen molar-refractivity contribution in [2.45, 2.75) is 37.1 Å². The van der Waals surface area contributed by atoms with Crippen molar-refractivity contribution in [1.82, 2.24) is 9.21 Å². The molecule has 7 nitrogen and oxygen atoms in total. The summed E-state index contributed by atoms with van der Waals surface area (Å²) in [5.74, 6) is -0.167. The lowest BCUT2D eigenvalue weighted by Crippen LogP contribution is -2.41. The molecule has 152 valence electrons. The molecule has 1 amide bonds. The fourth-order valence-corrected chi connectivity index (χ4v) is 4.93. The van der Waals surface area contributed by atoms with Gasteiger partial charge in [-0.25, -0.2) is 8.42 Å². The van der Waals surface area contributed by atoms with Crippen molar-refractivity contribution in [1.29, 1.82) is 0 Å². The lowest BCUT2D eigenvalue weighted by atomic mass is 10.1. The Balaban J connectivity index is 2.15. The van der Waals surface area contributed by atoms with E-state index >= 15 is 0 Å². The first-order chi connectivity index (χ1) is 12.9. The molecule has 0 N–H and O–H groups in total. The van der Waals surface area contributed by atoms with Crippen molar-refractivity contribution in [3.63, 3.8) is 0 Å². The smallest absolute Gasteiger partial charge is 0.254 e. The Morgan fingerprint density at radius 1 is 1.11 bits per heavy atom. The number of sulfonamides is 1. The molecular weight excluding hydrogens is 368 g/mol. The summed E-state index contributed by atoms with van der Waals surface area (Å²) < 4.78 is 37.5. The van der Waals surface area contributed by atoms with E-state index in [9.17, 15) is 13.2 Å². The molecule has 0 bridgehead atoms. The van der Waals surface area contributed by atoms with Crippen LogP contribution in [0.4, 0.5) is 0 Å². The van der Waals surface area contributed by atoms with Crippen molar-refractivity contribution < 1.29 is 22.7 Å². The van der Waals surface area contributed by atoms with E-state index in [2.05, 4.69) is 0 Å². The first-order valence-electron chi connectivity index (χ1n) is 9.31. The third-order valence-corrected chi connectivity index (χ3v) is 6.90. The lowest BCUT2D eigenvalue weighted by Gasteiger charge is -2.32. The van der Waals surface area contributed by atoms with Crippen LogP contribution in [0, 0.1) is 0 Å². The summed E-state index contributed by atoms with van der Waals surface area (Å²) in [4.78, 5) is 14.6. The summed E-state index contributed by atoms with van der Waals surface area (Å²) in [5, 5.41) is 0. The van der Waals surface area contributed by atoms with Gasteiger partial charge in [0.05, 0.1) is 18.1 Å². The number of rotatable bonds is 9. The molecule has 1 heterocycles. The third-order valence-electron chi connectivity index (χ3n) is 4.87. The normalized spacial score (nSPS) is 18.4. The van der Waals surface area contributed by atoms with E-state index in [0.717, 1.165) is 19.3 Å². The molecule has 8 heteroatoms. The molecular formula is C19H30N2O5S. The predicted molar refractivity (Wildman–Crippen MR) is 103 cm³/mol. The average molecular weight is 399 g/mol. The van der Waals surface area contributed by atoms with Gasteiger partial charge in [-0.15, -0.1) is 0 Å². The second-order valence-electron chi connectivity index (χ2n) is 6.76. The monoisotopic (exact) mass is 398 g/mol. The van der Waals surface area contributed by atoms with Gasteiger partial charge in [0, 0.05) is 45.5 Å². The van der Waals surface area contributed by atoms with E-state index in [1.807, 2.05) is 6.92 Å². The summed E-state index contributed by atoms with van der Waals surface area (Å²) in [6.45, 7) is 4.24. The topological polar surface area (TPSA) is 76.1 Å². The van der Waals surface area contributed by atoms with E-state index in [0.29, 0.717) is 38.4 Å². The fourth-order valence-electron chi connectivity index (χ4n) is 3.23. The Bertz CT molecular complexity index is 697. The Kier molecular flexibility index (Phi) is 8.22. The van der Waals surface area contributed by atoms with Crippen LogP contribution in [0.2, 0.25) is 0 Å². The minimum absolute atomic E-state index is 0.00337. The molecule has 0 aromatic heterocycles. The first-order valence-corrected chi connectivity index (χ1v) is 10.7. The summed E-state index contributed by atoms with van der Waals surface area (Å²) in [6.07, 6.45) is 2.82. The van der Waals surface area contributed by atoms with Crippen LogP contribution in [0.5, 0.6) is 0 Å². The number of nitrogens with zero attached hydrogens (tertiary/aromatic N) is 2. The number of hydrogen-bond donors (Lipinski definition) is 0. The van der Waals surface area contributed by atoms with Crippen molar-refractivity contribution in [2.24, 2.45) is 0 Å². The molecule has 2 rings (SSSR count). The number of carbonyl (C=O) groups excluding carboxylic acids is 1. The number of benzene rings is 1. The van der Waals surface area contributed by atoms with Crippen molar-refractivity contribution in [3.8, 4) is 0 Å². The maximum atomic E-state index is 12.9. The molecule has 1 aliphatic rings. The van der Waals surface area contributed by atoms with Gasteiger partial charge in [0.1, 0.15) is 0 Å². The summed E-state index contributed by atoms with van der Waals surface area (Å²) in [7, 11) is -0.367. The van der Waals surface area contributed by atoms with Gasteiger partial charge in [-0.1, -0.05) is 6.42 Å². The van der Waals surface area contributed by atoms with E-state index in [1.165, 1.54) is 12.1 Å². The third kappa shape index (κ3) is 5.51. The predicted octanol–water partition coefficient (Wildman–Crippen LogP) is 1.98. The van der Waals surface area contributed by atoms with Gasteiger partial charge in [-0.2, -0.15) is 4.31 Å². The molecule has 0 spiro atoms. The van der Waals surface area contributed by atoms with E-state index in [4.69, 9.17) is 9.47 Å². The molecule has 1 aromatic rings. The van der Waals surface area contributed by atoms with Crippen LogP contribution in [0.15, 0.2) is 29.2 Å². The Hall–Kier alpha value is -1.48.